The summed E-state index contributed by atoms with van der Waals surface area (Å²) in [5, 5.41) is 0. The Kier molecular flexibility index (Phi) is 4.37. The molecular formula is C19H15F4NO. The van der Waals surface area contributed by atoms with Crippen molar-refractivity contribution in [1.29, 1.82) is 0 Å². The number of halogens is 4. The number of ketones is 1. The summed E-state index contributed by atoms with van der Waals surface area (Å²) in [7, 11) is 1.75. The molecule has 2 aromatic carbocycles. The van der Waals surface area contributed by atoms with Crippen LogP contribution in [-0.4, -0.2) is 24.3 Å². The van der Waals surface area contributed by atoms with E-state index in [4.69, 9.17) is 0 Å². The number of benzene rings is 2. The Hall–Kier alpha value is -2.63. The number of allylic oxidation sites excluding steroid dienone is 1. The molecule has 1 aliphatic rings. The van der Waals surface area contributed by atoms with Crippen molar-refractivity contribution in [2.45, 2.75) is 12.1 Å². The van der Waals surface area contributed by atoms with Gasteiger partial charge in [0.1, 0.15) is 5.82 Å². The minimum Gasteiger partial charge on any atom is -0.379 e. The van der Waals surface area contributed by atoms with E-state index in [1.54, 1.807) is 18.1 Å². The zero-order valence-corrected chi connectivity index (χ0v) is 13.3. The number of likely N-dealkylation sites (N-methyl/N-ethyl adjacent to an activating group) is 1. The standard InChI is InChI=1S/C19H15F4NO/c1-24-10-16(12-5-7-15(20)8-6-12)18(25)17(11-24)13-3-2-4-14(9-13)19(21,22)23/h2-10,17H,11H2,1H3. The molecule has 2 nitrogen and oxygen atoms in total. The molecule has 0 fully saturated rings. The lowest BCUT2D eigenvalue weighted by atomic mass is 9.85. The first-order chi connectivity index (χ1) is 11.8. The smallest absolute Gasteiger partial charge is 0.379 e. The van der Waals surface area contributed by atoms with Crippen LogP contribution in [0, 0.1) is 5.82 Å². The molecule has 1 unspecified atom stereocenters. The normalized spacial score (nSPS) is 18.3. The van der Waals surface area contributed by atoms with Crippen LogP contribution in [-0.2, 0) is 11.0 Å². The summed E-state index contributed by atoms with van der Waals surface area (Å²) in [6.07, 6.45) is -2.82. The van der Waals surface area contributed by atoms with Gasteiger partial charge >= 0.3 is 6.18 Å². The number of carbonyl (C=O) groups excluding carboxylic acids is 1. The molecule has 1 atom stereocenters. The van der Waals surface area contributed by atoms with Crippen molar-refractivity contribution in [2.75, 3.05) is 13.6 Å². The molecule has 0 radical (unpaired) electrons. The second kappa shape index (κ2) is 6.35. The van der Waals surface area contributed by atoms with Crippen LogP contribution in [0.4, 0.5) is 17.6 Å². The lowest BCUT2D eigenvalue weighted by molar-refractivity contribution is -0.137. The molecule has 0 saturated heterocycles. The Morgan fingerprint density at radius 1 is 1.08 bits per heavy atom. The first-order valence-corrected chi connectivity index (χ1v) is 7.65. The molecular weight excluding hydrogens is 334 g/mol. The average molecular weight is 349 g/mol. The van der Waals surface area contributed by atoms with Crippen molar-refractivity contribution in [3.8, 4) is 0 Å². The number of carbonyl (C=O) groups is 1. The minimum atomic E-state index is -4.46. The Morgan fingerprint density at radius 3 is 2.40 bits per heavy atom. The molecule has 0 aliphatic carbocycles. The molecule has 1 heterocycles. The van der Waals surface area contributed by atoms with Crippen molar-refractivity contribution in [1.82, 2.24) is 4.90 Å². The van der Waals surface area contributed by atoms with E-state index in [1.165, 1.54) is 36.4 Å². The molecule has 0 bridgehead atoms. The summed E-state index contributed by atoms with van der Waals surface area (Å²) in [5.74, 6) is -1.41. The molecule has 0 spiro atoms. The van der Waals surface area contributed by atoms with E-state index in [1.807, 2.05) is 0 Å². The summed E-state index contributed by atoms with van der Waals surface area (Å²) in [6.45, 7) is 0.283. The maximum absolute atomic E-state index is 13.1. The molecule has 0 N–H and O–H groups in total. The first-order valence-electron chi connectivity index (χ1n) is 7.65. The zero-order valence-electron chi connectivity index (χ0n) is 13.3. The molecule has 2 aromatic rings. The fourth-order valence-electron chi connectivity index (χ4n) is 2.93. The van der Waals surface area contributed by atoms with Gasteiger partial charge in [0.15, 0.2) is 5.78 Å². The Labute approximate surface area is 142 Å². The van der Waals surface area contributed by atoms with E-state index in [2.05, 4.69) is 0 Å². The van der Waals surface area contributed by atoms with Crippen LogP contribution in [0.3, 0.4) is 0 Å². The molecule has 1 aliphatic heterocycles. The van der Waals surface area contributed by atoms with Crippen molar-refractivity contribution >= 4 is 11.4 Å². The maximum atomic E-state index is 13.1. The fourth-order valence-corrected chi connectivity index (χ4v) is 2.93. The van der Waals surface area contributed by atoms with Gasteiger partial charge in [-0.15, -0.1) is 0 Å². The second-order valence-electron chi connectivity index (χ2n) is 6.03. The van der Waals surface area contributed by atoms with E-state index in [-0.39, 0.29) is 12.3 Å². The number of nitrogens with zero attached hydrogens (tertiary/aromatic N) is 1. The molecule has 25 heavy (non-hydrogen) atoms. The third-order valence-electron chi connectivity index (χ3n) is 4.17. The third-order valence-corrected chi connectivity index (χ3v) is 4.17. The first kappa shape index (κ1) is 17.2. The number of alkyl halides is 3. The number of hydrogen-bond donors (Lipinski definition) is 0. The lowest BCUT2D eigenvalue weighted by Crippen LogP contribution is -2.32. The summed E-state index contributed by atoms with van der Waals surface area (Å²) in [4.78, 5) is 14.6. The average Bonchev–Trinajstić information content (AvgIpc) is 2.57. The van der Waals surface area contributed by atoms with E-state index in [9.17, 15) is 22.4 Å². The third kappa shape index (κ3) is 3.57. The van der Waals surface area contributed by atoms with Gasteiger partial charge in [0.25, 0.3) is 0 Å². The SMILES string of the molecule is CN1C=C(c2ccc(F)cc2)C(=O)C(c2cccc(C(F)(F)F)c2)C1. The molecule has 3 rings (SSSR count). The van der Waals surface area contributed by atoms with Gasteiger partial charge in [-0.25, -0.2) is 4.39 Å². The van der Waals surface area contributed by atoms with Crippen LogP contribution >= 0.6 is 0 Å². The van der Waals surface area contributed by atoms with Gasteiger partial charge in [0.2, 0.25) is 0 Å². The van der Waals surface area contributed by atoms with Crippen molar-refractivity contribution in [3.63, 3.8) is 0 Å². The monoisotopic (exact) mass is 349 g/mol. The Morgan fingerprint density at radius 2 is 1.76 bits per heavy atom. The van der Waals surface area contributed by atoms with Crippen LogP contribution in [0.25, 0.3) is 5.57 Å². The van der Waals surface area contributed by atoms with Crippen molar-refractivity contribution in [3.05, 3.63) is 77.2 Å². The van der Waals surface area contributed by atoms with Crippen molar-refractivity contribution in [2.24, 2.45) is 0 Å². The van der Waals surface area contributed by atoms with Crippen molar-refractivity contribution < 1.29 is 22.4 Å². The number of Topliss-reactive ketones (excluding diaryl/α,β-unsaturated/α-hetero) is 1. The Balaban J connectivity index is 1.98. The van der Waals surface area contributed by atoms with Crippen LogP contribution in [0.2, 0.25) is 0 Å². The molecule has 0 aromatic heterocycles. The highest BCUT2D eigenvalue weighted by atomic mass is 19.4. The highest BCUT2D eigenvalue weighted by Crippen LogP contribution is 2.35. The summed E-state index contributed by atoms with van der Waals surface area (Å²) < 4.78 is 51.9. The van der Waals surface area contributed by atoms with Gasteiger partial charge in [-0.05, 0) is 29.3 Å². The summed E-state index contributed by atoms with van der Waals surface area (Å²) in [6, 6.07) is 10.3. The molecule has 130 valence electrons. The van der Waals surface area contributed by atoms with E-state index in [0.29, 0.717) is 16.7 Å². The van der Waals surface area contributed by atoms with Crippen LogP contribution in [0.15, 0.2) is 54.7 Å². The predicted octanol–water partition coefficient (Wildman–Crippen LogP) is 4.48. The van der Waals surface area contributed by atoms with Crippen LogP contribution in [0.1, 0.15) is 22.6 Å². The maximum Gasteiger partial charge on any atom is 0.416 e. The molecule has 0 saturated carbocycles. The highest BCUT2D eigenvalue weighted by molar-refractivity contribution is 6.24. The van der Waals surface area contributed by atoms with Crippen LogP contribution < -0.4 is 0 Å². The van der Waals surface area contributed by atoms with Gasteiger partial charge in [-0.3, -0.25) is 4.79 Å². The minimum absolute atomic E-state index is 0.274. The largest absolute Gasteiger partial charge is 0.416 e. The summed E-state index contributed by atoms with van der Waals surface area (Å²) in [5.41, 5.74) is 0.434. The highest BCUT2D eigenvalue weighted by Gasteiger charge is 2.34. The van der Waals surface area contributed by atoms with E-state index in [0.717, 1.165) is 12.1 Å². The van der Waals surface area contributed by atoms with Gasteiger partial charge in [0.05, 0.1) is 11.5 Å². The number of hydrogen-bond acceptors (Lipinski definition) is 2. The summed E-state index contributed by atoms with van der Waals surface area (Å²) >= 11 is 0. The molecule has 0 amide bonds. The number of rotatable bonds is 2. The second-order valence-corrected chi connectivity index (χ2v) is 6.03. The van der Waals surface area contributed by atoms with Gasteiger partial charge in [0, 0.05) is 25.4 Å². The van der Waals surface area contributed by atoms with Gasteiger partial charge in [-0.1, -0.05) is 30.3 Å². The van der Waals surface area contributed by atoms with Gasteiger partial charge in [-0.2, -0.15) is 13.2 Å². The quantitative estimate of drug-likeness (QED) is 0.745. The fraction of sp³-hybridized carbons (Fsp3) is 0.211. The van der Waals surface area contributed by atoms with E-state index < -0.39 is 23.5 Å². The molecule has 6 heteroatoms. The zero-order chi connectivity index (χ0) is 18.2. The van der Waals surface area contributed by atoms with E-state index >= 15 is 0 Å². The lowest BCUT2D eigenvalue weighted by Gasteiger charge is -2.29. The van der Waals surface area contributed by atoms with Crippen LogP contribution in [0.5, 0.6) is 0 Å². The Bertz CT molecular complexity index is 824. The topological polar surface area (TPSA) is 20.3 Å². The predicted molar refractivity (Wildman–Crippen MR) is 86.2 cm³/mol. The van der Waals surface area contributed by atoms with Gasteiger partial charge < -0.3 is 4.90 Å².